The number of aryl methyl sites for hydroxylation is 1. The highest BCUT2D eigenvalue weighted by molar-refractivity contribution is 5.28. The van der Waals surface area contributed by atoms with Crippen LogP contribution in [0.25, 0.3) is 0 Å². The van der Waals surface area contributed by atoms with Crippen LogP contribution in [0.5, 0.6) is 5.75 Å². The molecule has 1 aromatic heterocycles. The van der Waals surface area contributed by atoms with Crippen LogP contribution in [0, 0.1) is 0 Å². The molecule has 1 fully saturated rings. The van der Waals surface area contributed by atoms with Crippen LogP contribution in [0.1, 0.15) is 25.1 Å². The van der Waals surface area contributed by atoms with Crippen LogP contribution in [-0.4, -0.2) is 54.1 Å². The van der Waals surface area contributed by atoms with Crippen molar-refractivity contribution in [3.8, 4) is 5.75 Å². The van der Waals surface area contributed by atoms with E-state index in [-0.39, 0.29) is 12.1 Å². The van der Waals surface area contributed by atoms with Crippen LogP contribution >= 0.6 is 0 Å². The highest BCUT2D eigenvalue weighted by Gasteiger charge is 2.30. The van der Waals surface area contributed by atoms with Crippen molar-refractivity contribution < 1.29 is 9.47 Å². The fourth-order valence-electron chi connectivity index (χ4n) is 2.61. The Labute approximate surface area is 114 Å². The SMILES string of the molecule is CCCN1CCOC(C(N)c2c(OC)cnn2C)C1. The number of hydrogen-bond donors (Lipinski definition) is 1. The summed E-state index contributed by atoms with van der Waals surface area (Å²) in [5.41, 5.74) is 7.25. The third kappa shape index (κ3) is 3.08. The second-order valence-corrected chi connectivity index (χ2v) is 4.96. The monoisotopic (exact) mass is 268 g/mol. The Morgan fingerprint density at radius 3 is 3.11 bits per heavy atom. The van der Waals surface area contributed by atoms with Gasteiger partial charge < -0.3 is 15.2 Å². The predicted octanol–water partition coefficient (Wildman–Crippen LogP) is 0.539. The molecule has 0 bridgehead atoms. The lowest BCUT2D eigenvalue weighted by atomic mass is 10.1. The van der Waals surface area contributed by atoms with Crippen molar-refractivity contribution in [1.29, 1.82) is 0 Å². The molecule has 2 unspecified atom stereocenters. The first-order valence-corrected chi connectivity index (χ1v) is 6.82. The second-order valence-electron chi connectivity index (χ2n) is 4.96. The van der Waals surface area contributed by atoms with Crippen molar-refractivity contribution >= 4 is 0 Å². The van der Waals surface area contributed by atoms with Crippen LogP contribution in [-0.2, 0) is 11.8 Å². The molecule has 6 nitrogen and oxygen atoms in total. The highest BCUT2D eigenvalue weighted by atomic mass is 16.5. The van der Waals surface area contributed by atoms with Crippen molar-refractivity contribution in [2.75, 3.05) is 33.4 Å². The van der Waals surface area contributed by atoms with Crippen molar-refractivity contribution in [3.63, 3.8) is 0 Å². The maximum absolute atomic E-state index is 6.36. The molecule has 2 rings (SSSR count). The summed E-state index contributed by atoms with van der Waals surface area (Å²) in [6.07, 6.45) is 2.84. The molecule has 0 amide bonds. The fraction of sp³-hybridized carbons (Fsp3) is 0.769. The molecule has 19 heavy (non-hydrogen) atoms. The van der Waals surface area contributed by atoms with Crippen molar-refractivity contribution in [2.45, 2.75) is 25.5 Å². The van der Waals surface area contributed by atoms with Crippen molar-refractivity contribution in [1.82, 2.24) is 14.7 Å². The first-order chi connectivity index (χ1) is 9.17. The summed E-state index contributed by atoms with van der Waals surface area (Å²) in [6.45, 7) is 5.87. The topological polar surface area (TPSA) is 65.5 Å². The Hall–Kier alpha value is -1.11. The fourth-order valence-corrected chi connectivity index (χ4v) is 2.61. The van der Waals surface area contributed by atoms with E-state index in [4.69, 9.17) is 15.2 Å². The molecule has 2 atom stereocenters. The van der Waals surface area contributed by atoms with Gasteiger partial charge in [0.2, 0.25) is 0 Å². The third-order valence-corrected chi connectivity index (χ3v) is 3.60. The van der Waals surface area contributed by atoms with E-state index in [2.05, 4.69) is 16.9 Å². The van der Waals surface area contributed by atoms with Gasteiger partial charge >= 0.3 is 0 Å². The summed E-state index contributed by atoms with van der Waals surface area (Å²) in [4.78, 5) is 2.40. The van der Waals surface area contributed by atoms with Crippen LogP contribution in [0.3, 0.4) is 0 Å². The zero-order valence-corrected chi connectivity index (χ0v) is 12.0. The van der Waals surface area contributed by atoms with E-state index in [0.29, 0.717) is 0 Å². The Kier molecular flexibility index (Phi) is 4.79. The molecule has 2 heterocycles. The zero-order valence-electron chi connectivity index (χ0n) is 12.0. The van der Waals surface area contributed by atoms with Gasteiger partial charge in [-0.3, -0.25) is 9.58 Å². The Bertz CT molecular complexity index is 405. The van der Waals surface area contributed by atoms with E-state index < -0.39 is 0 Å². The Balaban J connectivity index is 2.10. The number of nitrogens with zero attached hydrogens (tertiary/aromatic N) is 3. The van der Waals surface area contributed by atoms with E-state index in [0.717, 1.165) is 44.1 Å². The number of methoxy groups -OCH3 is 1. The van der Waals surface area contributed by atoms with Gasteiger partial charge in [-0.05, 0) is 13.0 Å². The molecule has 0 spiro atoms. The molecule has 0 radical (unpaired) electrons. The molecule has 1 aromatic rings. The summed E-state index contributed by atoms with van der Waals surface area (Å²) < 4.78 is 12.9. The summed E-state index contributed by atoms with van der Waals surface area (Å²) >= 11 is 0. The molecule has 6 heteroatoms. The van der Waals surface area contributed by atoms with Gasteiger partial charge in [0.15, 0.2) is 5.75 Å². The number of morpholine rings is 1. The third-order valence-electron chi connectivity index (χ3n) is 3.60. The minimum atomic E-state index is -0.220. The van der Waals surface area contributed by atoms with Gasteiger partial charge in [-0.2, -0.15) is 5.10 Å². The molecule has 2 N–H and O–H groups in total. The highest BCUT2D eigenvalue weighted by Crippen LogP contribution is 2.27. The first kappa shape index (κ1) is 14.3. The van der Waals surface area contributed by atoms with Gasteiger partial charge in [0.1, 0.15) is 0 Å². The first-order valence-electron chi connectivity index (χ1n) is 6.82. The molecule has 0 aliphatic carbocycles. The van der Waals surface area contributed by atoms with E-state index in [1.807, 2.05) is 7.05 Å². The van der Waals surface area contributed by atoms with E-state index in [1.165, 1.54) is 0 Å². The van der Waals surface area contributed by atoms with Crippen molar-refractivity contribution in [2.24, 2.45) is 12.8 Å². The molecule has 0 aromatic carbocycles. The number of aromatic nitrogens is 2. The van der Waals surface area contributed by atoms with Gasteiger partial charge in [0.25, 0.3) is 0 Å². The van der Waals surface area contributed by atoms with Crippen LogP contribution in [0.15, 0.2) is 6.20 Å². The summed E-state index contributed by atoms with van der Waals surface area (Å²) in [6, 6.07) is -0.220. The van der Waals surface area contributed by atoms with Gasteiger partial charge in [-0.1, -0.05) is 6.92 Å². The summed E-state index contributed by atoms with van der Waals surface area (Å²) in [5.74, 6) is 0.728. The van der Waals surface area contributed by atoms with E-state index >= 15 is 0 Å². The second kappa shape index (κ2) is 6.36. The Morgan fingerprint density at radius 1 is 1.63 bits per heavy atom. The number of ether oxygens (including phenoxy) is 2. The largest absolute Gasteiger partial charge is 0.493 e. The van der Waals surface area contributed by atoms with E-state index in [9.17, 15) is 0 Å². The van der Waals surface area contributed by atoms with Crippen LogP contribution in [0.2, 0.25) is 0 Å². The standard InChI is InChI=1S/C13H24N4O2/c1-4-5-17-6-7-19-11(9-17)12(14)13-10(18-3)8-15-16(13)2/h8,11-12H,4-7,9,14H2,1-3H3. The lowest BCUT2D eigenvalue weighted by Gasteiger charge is -2.35. The normalized spacial score (nSPS) is 22.4. The molecule has 1 saturated heterocycles. The molecular weight excluding hydrogens is 244 g/mol. The van der Waals surface area contributed by atoms with Gasteiger partial charge in [0.05, 0.1) is 37.8 Å². The summed E-state index contributed by atoms with van der Waals surface area (Å²) in [7, 11) is 3.52. The predicted molar refractivity (Wildman–Crippen MR) is 73.2 cm³/mol. The molecule has 1 aliphatic heterocycles. The lowest BCUT2D eigenvalue weighted by Crippen LogP contribution is -2.47. The van der Waals surface area contributed by atoms with Gasteiger partial charge in [0, 0.05) is 20.1 Å². The van der Waals surface area contributed by atoms with Crippen LogP contribution < -0.4 is 10.5 Å². The van der Waals surface area contributed by atoms with Crippen molar-refractivity contribution in [3.05, 3.63) is 11.9 Å². The number of rotatable bonds is 5. The average Bonchev–Trinajstić information content (AvgIpc) is 2.80. The molecule has 108 valence electrons. The zero-order chi connectivity index (χ0) is 13.8. The molecule has 1 aliphatic rings. The quantitative estimate of drug-likeness (QED) is 0.844. The molecule has 0 saturated carbocycles. The lowest BCUT2D eigenvalue weighted by molar-refractivity contribution is -0.0421. The maximum Gasteiger partial charge on any atom is 0.161 e. The Morgan fingerprint density at radius 2 is 2.42 bits per heavy atom. The van der Waals surface area contributed by atoms with E-state index in [1.54, 1.807) is 18.0 Å². The summed E-state index contributed by atoms with van der Waals surface area (Å²) in [5, 5.41) is 4.20. The average molecular weight is 268 g/mol. The minimum Gasteiger partial charge on any atom is -0.493 e. The number of hydrogen-bond acceptors (Lipinski definition) is 5. The van der Waals surface area contributed by atoms with Crippen LogP contribution in [0.4, 0.5) is 0 Å². The maximum atomic E-state index is 6.36. The van der Waals surface area contributed by atoms with Gasteiger partial charge in [-0.15, -0.1) is 0 Å². The van der Waals surface area contributed by atoms with Gasteiger partial charge in [-0.25, -0.2) is 0 Å². The number of nitrogens with two attached hydrogens (primary N) is 1. The minimum absolute atomic E-state index is 0.00963. The smallest absolute Gasteiger partial charge is 0.161 e. The molecular formula is C13H24N4O2.